The third kappa shape index (κ3) is 4.57. The van der Waals surface area contributed by atoms with Gasteiger partial charge in [0.2, 0.25) is 5.70 Å². The van der Waals surface area contributed by atoms with E-state index >= 15 is 0 Å². The number of hydrogen-bond donors (Lipinski definition) is 0. The standard InChI is InChI=1S/C22H36NO/c1-9-13-23-19(7)21(18(6)17(5)16(4)10-2)15-20(12-14-24-8)22(23)11-3/h9,11,13,16-17,20,22H,1,3,7,10,12,14-15H2,2,4-6,8H3/q+1/b21-18?,23-13+/t16-,17-,20?,22?/m1/s1. The first-order valence-corrected chi connectivity index (χ1v) is 9.17. The van der Waals surface area contributed by atoms with E-state index in [1.54, 1.807) is 7.11 Å². The summed E-state index contributed by atoms with van der Waals surface area (Å²) >= 11 is 0. The minimum absolute atomic E-state index is 0.251. The quantitative estimate of drug-likeness (QED) is 0.430. The summed E-state index contributed by atoms with van der Waals surface area (Å²) in [5.74, 6) is 1.73. The maximum atomic E-state index is 5.34. The van der Waals surface area contributed by atoms with Crippen LogP contribution in [0.3, 0.4) is 0 Å². The molecule has 1 fully saturated rings. The van der Waals surface area contributed by atoms with E-state index in [9.17, 15) is 0 Å². The van der Waals surface area contributed by atoms with Crippen LogP contribution in [0, 0.1) is 17.8 Å². The zero-order valence-corrected chi connectivity index (χ0v) is 16.3. The van der Waals surface area contributed by atoms with Crippen molar-refractivity contribution in [3.05, 3.63) is 48.7 Å². The molecule has 134 valence electrons. The van der Waals surface area contributed by atoms with Gasteiger partial charge in [0, 0.05) is 25.2 Å². The normalized spacial score (nSPS) is 27.7. The fourth-order valence-corrected chi connectivity index (χ4v) is 3.66. The average Bonchev–Trinajstić information content (AvgIpc) is 2.60. The SMILES string of the molecule is C=C/C=[N+]1\C(=C)C(=C(C)[C@H](C)[C@H](C)CC)CC(CCOC)C1C=C. The average molecular weight is 331 g/mol. The molecule has 2 nitrogen and oxygen atoms in total. The fraction of sp³-hybridized carbons (Fsp3) is 0.591. The Kier molecular flexibility index (Phi) is 8.41. The van der Waals surface area contributed by atoms with E-state index in [-0.39, 0.29) is 6.04 Å². The largest absolute Gasteiger partial charge is 0.385 e. The monoisotopic (exact) mass is 330 g/mol. The molecule has 1 heterocycles. The first-order valence-electron chi connectivity index (χ1n) is 9.17. The van der Waals surface area contributed by atoms with Crippen LogP contribution in [0.4, 0.5) is 0 Å². The number of methoxy groups -OCH3 is 1. The lowest BCUT2D eigenvalue weighted by atomic mass is 9.77. The van der Waals surface area contributed by atoms with Gasteiger partial charge in [-0.1, -0.05) is 45.9 Å². The molecule has 0 aliphatic carbocycles. The third-order valence-electron chi connectivity index (χ3n) is 5.79. The van der Waals surface area contributed by atoms with Gasteiger partial charge in [-0.15, -0.1) is 0 Å². The molecule has 0 bridgehead atoms. The van der Waals surface area contributed by atoms with Crippen molar-refractivity contribution < 1.29 is 9.31 Å². The predicted molar refractivity (Wildman–Crippen MR) is 106 cm³/mol. The second-order valence-electron chi connectivity index (χ2n) is 7.05. The molecular weight excluding hydrogens is 294 g/mol. The van der Waals surface area contributed by atoms with Crippen LogP contribution in [-0.4, -0.2) is 30.5 Å². The molecule has 1 aliphatic heterocycles. The molecule has 4 atom stereocenters. The lowest BCUT2D eigenvalue weighted by Crippen LogP contribution is -2.38. The molecule has 0 amide bonds. The van der Waals surface area contributed by atoms with Crippen LogP contribution in [-0.2, 0) is 4.74 Å². The molecular formula is C22H36NO+. The summed E-state index contributed by atoms with van der Waals surface area (Å²) in [6.07, 6.45) is 9.18. The number of ether oxygens (including phenoxy) is 1. The molecule has 0 spiro atoms. The highest BCUT2D eigenvalue weighted by molar-refractivity contribution is 5.66. The Morgan fingerprint density at radius 3 is 2.54 bits per heavy atom. The van der Waals surface area contributed by atoms with E-state index in [4.69, 9.17) is 4.74 Å². The van der Waals surface area contributed by atoms with Crippen molar-refractivity contribution in [1.82, 2.24) is 0 Å². The molecule has 0 N–H and O–H groups in total. The molecule has 2 unspecified atom stereocenters. The Morgan fingerprint density at radius 1 is 1.38 bits per heavy atom. The first-order chi connectivity index (χ1) is 11.4. The van der Waals surface area contributed by atoms with Crippen molar-refractivity contribution in [3.63, 3.8) is 0 Å². The van der Waals surface area contributed by atoms with Gasteiger partial charge in [-0.3, -0.25) is 0 Å². The van der Waals surface area contributed by atoms with E-state index < -0.39 is 0 Å². The molecule has 0 saturated carbocycles. The summed E-state index contributed by atoms with van der Waals surface area (Å²) in [7, 11) is 1.77. The van der Waals surface area contributed by atoms with Crippen molar-refractivity contribution in [3.8, 4) is 0 Å². The van der Waals surface area contributed by atoms with E-state index in [0.29, 0.717) is 17.8 Å². The summed E-state index contributed by atoms with van der Waals surface area (Å²) in [6, 6.07) is 0.251. The van der Waals surface area contributed by atoms with Gasteiger partial charge in [0.05, 0.1) is 0 Å². The zero-order chi connectivity index (χ0) is 18.3. The smallest absolute Gasteiger partial charge is 0.201 e. The highest BCUT2D eigenvalue weighted by atomic mass is 16.5. The molecule has 1 aliphatic rings. The highest BCUT2D eigenvalue weighted by Crippen LogP contribution is 2.38. The van der Waals surface area contributed by atoms with Gasteiger partial charge < -0.3 is 4.74 Å². The van der Waals surface area contributed by atoms with Crippen molar-refractivity contribution in [2.45, 2.75) is 53.0 Å². The van der Waals surface area contributed by atoms with Gasteiger partial charge >= 0.3 is 0 Å². The minimum atomic E-state index is 0.251. The Hall–Kier alpha value is -1.41. The van der Waals surface area contributed by atoms with Crippen LogP contribution in [0.15, 0.2) is 48.7 Å². The topological polar surface area (TPSA) is 12.2 Å². The number of allylic oxidation sites excluding steroid dienone is 3. The van der Waals surface area contributed by atoms with Crippen LogP contribution in [0.25, 0.3) is 0 Å². The summed E-state index contributed by atoms with van der Waals surface area (Å²) in [4.78, 5) is 0. The van der Waals surface area contributed by atoms with E-state index in [1.807, 2.05) is 18.4 Å². The molecule has 1 saturated heterocycles. The highest BCUT2D eigenvalue weighted by Gasteiger charge is 2.39. The molecule has 2 heteroatoms. The van der Waals surface area contributed by atoms with Gasteiger partial charge in [0.1, 0.15) is 0 Å². The van der Waals surface area contributed by atoms with E-state index in [1.165, 1.54) is 17.6 Å². The maximum Gasteiger partial charge on any atom is 0.201 e. The summed E-state index contributed by atoms with van der Waals surface area (Å²) < 4.78 is 7.58. The second-order valence-corrected chi connectivity index (χ2v) is 7.05. The Labute approximate surface area is 149 Å². The Balaban J connectivity index is 3.30. The van der Waals surface area contributed by atoms with Crippen LogP contribution in [0.1, 0.15) is 47.0 Å². The van der Waals surface area contributed by atoms with Gasteiger partial charge in [-0.05, 0) is 50.3 Å². The number of piperidine rings is 1. The lowest BCUT2D eigenvalue weighted by molar-refractivity contribution is -0.514. The van der Waals surface area contributed by atoms with Crippen molar-refractivity contribution in [1.29, 1.82) is 0 Å². The predicted octanol–water partition coefficient (Wildman–Crippen LogP) is 5.38. The number of rotatable bonds is 8. The summed E-state index contributed by atoms with van der Waals surface area (Å²) in [5, 5.41) is 0. The third-order valence-corrected chi connectivity index (χ3v) is 5.79. The molecule has 0 aromatic carbocycles. The Morgan fingerprint density at radius 2 is 2.04 bits per heavy atom. The molecule has 24 heavy (non-hydrogen) atoms. The maximum absolute atomic E-state index is 5.34. The molecule has 1 rings (SSSR count). The van der Waals surface area contributed by atoms with Crippen molar-refractivity contribution in [2.24, 2.45) is 17.8 Å². The van der Waals surface area contributed by atoms with Crippen LogP contribution < -0.4 is 0 Å². The lowest BCUT2D eigenvalue weighted by Gasteiger charge is -2.32. The molecule has 0 aromatic rings. The fourth-order valence-electron chi connectivity index (χ4n) is 3.66. The first kappa shape index (κ1) is 20.6. The zero-order valence-electron chi connectivity index (χ0n) is 16.3. The van der Waals surface area contributed by atoms with Gasteiger partial charge in [-0.2, -0.15) is 4.58 Å². The molecule has 0 aromatic heterocycles. The number of nitrogens with zero attached hydrogens (tertiary/aromatic N) is 1. The van der Waals surface area contributed by atoms with E-state index in [2.05, 4.69) is 52.0 Å². The van der Waals surface area contributed by atoms with Gasteiger partial charge in [-0.25, -0.2) is 0 Å². The minimum Gasteiger partial charge on any atom is -0.385 e. The second kappa shape index (κ2) is 9.78. The van der Waals surface area contributed by atoms with E-state index in [0.717, 1.165) is 25.1 Å². The van der Waals surface area contributed by atoms with Crippen molar-refractivity contribution in [2.75, 3.05) is 13.7 Å². The summed E-state index contributed by atoms with van der Waals surface area (Å²) in [5.41, 5.74) is 3.97. The van der Waals surface area contributed by atoms with Crippen LogP contribution in [0.2, 0.25) is 0 Å². The van der Waals surface area contributed by atoms with Gasteiger partial charge in [0.25, 0.3) is 0 Å². The molecule has 0 radical (unpaired) electrons. The van der Waals surface area contributed by atoms with Crippen LogP contribution in [0.5, 0.6) is 0 Å². The summed E-state index contributed by atoms with van der Waals surface area (Å²) in [6.45, 7) is 22.3. The van der Waals surface area contributed by atoms with Crippen molar-refractivity contribution >= 4 is 6.21 Å². The van der Waals surface area contributed by atoms with Crippen LogP contribution >= 0.6 is 0 Å². The number of hydrogen-bond acceptors (Lipinski definition) is 1. The Bertz CT molecular complexity index is 526. The van der Waals surface area contributed by atoms with Gasteiger partial charge in [0.15, 0.2) is 12.3 Å².